The predicted octanol–water partition coefficient (Wildman–Crippen LogP) is 4.65. The highest BCUT2D eigenvalue weighted by molar-refractivity contribution is 5.91. The molecule has 0 radical (unpaired) electrons. The Morgan fingerprint density at radius 1 is 1.19 bits per heavy atom. The second-order valence-electron chi connectivity index (χ2n) is 6.61. The molecule has 3 aromatic rings. The van der Waals surface area contributed by atoms with Gasteiger partial charge in [-0.1, -0.05) is 6.07 Å². The van der Waals surface area contributed by atoms with Crippen LogP contribution in [0.5, 0.6) is 0 Å². The van der Waals surface area contributed by atoms with Crippen molar-refractivity contribution in [3.63, 3.8) is 0 Å². The van der Waals surface area contributed by atoms with Gasteiger partial charge in [0.25, 0.3) is 0 Å². The standard InChI is InChI=1S/C19H21F3N4/c1-11(9-16-12(2)25-26(4)13(16)3)24-17-7-8-23-18-10-14(19(20,21)22)5-6-15(17)18/h5-8,10-11H,9H2,1-4H3,(H,23,24). The van der Waals surface area contributed by atoms with Gasteiger partial charge < -0.3 is 5.32 Å². The van der Waals surface area contributed by atoms with Crippen molar-refractivity contribution in [2.45, 2.75) is 39.4 Å². The van der Waals surface area contributed by atoms with Crippen molar-refractivity contribution < 1.29 is 13.2 Å². The first-order valence-electron chi connectivity index (χ1n) is 8.38. The number of nitrogens with one attached hydrogen (secondary N) is 1. The van der Waals surface area contributed by atoms with Crippen molar-refractivity contribution in [3.8, 4) is 0 Å². The van der Waals surface area contributed by atoms with E-state index in [9.17, 15) is 13.2 Å². The number of hydrogen-bond acceptors (Lipinski definition) is 3. The summed E-state index contributed by atoms with van der Waals surface area (Å²) >= 11 is 0. The molecule has 1 atom stereocenters. The van der Waals surface area contributed by atoms with Gasteiger partial charge in [-0.2, -0.15) is 18.3 Å². The summed E-state index contributed by atoms with van der Waals surface area (Å²) < 4.78 is 40.5. The molecule has 4 nitrogen and oxygen atoms in total. The first kappa shape index (κ1) is 18.2. The van der Waals surface area contributed by atoms with Crippen LogP contribution in [0.4, 0.5) is 18.9 Å². The highest BCUT2D eigenvalue weighted by Gasteiger charge is 2.30. The molecule has 0 amide bonds. The molecule has 2 aromatic heterocycles. The van der Waals surface area contributed by atoms with Gasteiger partial charge in [-0.05, 0) is 51.0 Å². The maximum atomic E-state index is 12.9. The van der Waals surface area contributed by atoms with Crippen molar-refractivity contribution >= 4 is 16.6 Å². The molecule has 1 aromatic carbocycles. The Labute approximate surface area is 150 Å². The Morgan fingerprint density at radius 3 is 2.54 bits per heavy atom. The minimum Gasteiger partial charge on any atom is -0.382 e. The second-order valence-corrected chi connectivity index (χ2v) is 6.61. The number of fused-ring (bicyclic) bond motifs is 1. The molecular weight excluding hydrogens is 341 g/mol. The van der Waals surface area contributed by atoms with Gasteiger partial charge in [0.1, 0.15) is 0 Å². The Balaban J connectivity index is 1.86. The van der Waals surface area contributed by atoms with E-state index in [2.05, 4.69) is 15.4 Å². The molecule has 7 heteroatoms. The molecule has 0 spiro atoms. The maximum absolute atomic E-state index is 12.9. The lowest BCUT2D eigenvalue weighted by Crippen LogP contribution is -2.19. The van der Waals surface area contributed by atoms with E-state index in [0.29, 0.717) is 10.9 Å². The first-order chi connectivity index (χ1) is 12.2. The van der Waals surface area contributed by atoms with Crippen molar-refractivity contribution in [2.24, 2.45) is 7.05 Å². The summed E-state index contributed by atoms with van der Waals surface area (Å²) in [6, 6.07) is 5.52. The van der Waals surface area contributed by atoms with Crippen LogP contribution in [0.25, 0.3) is 10.9 Å². The van der Waals surface area contributed by atoms with Crippen molar-refractivity contribution in [2.75, 3.05) is 5.32 Å². The summed E-state index contributed by atoms with van der Waals surface area (Å²) in [4.78, 5) is 4.09. The van der Waals surface area contributed by atoms with E-state index in [1.807, 2.05) is 32.5 Å². The van der Waals surface area contributed by atoms with Crippen LogP contribution in [0.1, 0.15) is 29.4 Å². The van der Waals surface area contributed by atoms with E-state index in [4.69, 9.17) is 0 Å². The van der Waals surface area contributed by atoms with Crippen molar-refractivity contribution in [1.29, 1.82) is 0 Å². The van der Waals surface area contributed by atoms with Crippen LogP contribution in [0.15, 0.2) is 30.5 Å². The van der Waals surface area contributed by atoms with Gasteiger partial charge in [0.05, 0.1) is 16.8 Å². The molecular formula is C19H21F3N4. The molecule has 0 aliphatic carbocycles. The van der Waals surface area contributed by atoms with Gasteiger partial charge in [0.2, 0.25) is 0 Å². The van der Waals surface area contributed by atoms with Crippen molar-refractivity contribution in [3.05, 3.63) is 53.0 Å². The number of rotatable bonds is 4. The second kappa shape index (κ2) is 6.63. The average Bonchev–Trinajstić information content (AvgIpc) is 2.80. The van der Waals surface area contributed by atoms with Crippen LogP contribution >= 0.6 is 0 Å². The molecule has 0 saturated carbocycles. The average molecular weight is 362 g/mol. The van der Waals surface area contributed by atoms with E-state index in [0.717, 1.165) is 35.6 Å². The van der Waals surface area contributed by atoms with Gasteiger partial charge >= 0.3 is 6.18 Å². The lowest BCUT2D eigenvalue weighted by Gasteiger charge is -2.17. The quantitative estimate of drug-likeness (QED) is 0.735. The Kier molecular flexibility index (Phi) is 4.64. The third-order valence-corrected chi connectivity index (χ3v) is 4.64. The fraction of sp³-hybridized carbons (Fsp3) is 0.368. The summed E-state index contributed by atoms with van der Waals surface area (Å²) in [5.41, 5.74) is 3.70. The smallest absolute Gasteiger partial charge is 0.382 e. The number of nitrogens with zero attached hydrogens (tertiary/aromatic N) is 3. The van der Waals surface area contributed by atoms with Crippen LogP contribution in [-0.2, 0) is 19.6 Å². The van der Waals surface area contributed by atoms with E-state index < -0.39 is 11.7 Å². The molecule has 0 aliphatic heterocycles. The van der Waals surface area contributed by atoms with Gasteiger partial charge in [-0.3, -0.25) is 9.67 Å². The van der Waals surface area contributed by atoms with Crippen LogP contribution in [0, 0.1) is 13.8 Å². The zero-order valence-corrected chi connectivity index (χ0v) is 15.1. The predicted molar refractivity (Wildman–Crippen MR) is 96.2 cm³/mol. The molecule has 1 unspecified atom stereocenters. The van der Waals surface area contributed by atoms with Crippen LogP contribution in [0.3, 0.4) is 0 Å². The highest BCUT2D eigenvalue weighted by Crippen LogP contribution is 2.32. The maximum Gasteiger partial charge on any atom is 0.416 e. The number of alkyl halides is 3. The minimum absolute atomic E-state index is 0.0875. The van der Waals surface area contributed by atoms with Gasteiger partial charge in [0, 0.05) is 36.1 Å². The molecule has 0 aliphatic rings. The van der Waals surface area contributed by atoms with E-state index in [-0.39, 0.29) is 6.04 Å². The molecule has 1 N–H and O–H groups in total. The molecule has 0 saturated heterocycles. The zero-order chi connectivity index (χ0) is 19.1. The monoisotopic (exact) mass is 362 g/mol. The van der Waals surface area contributed by atoms with E-state index >= 15 is 0 Å². The lowest BCUT2D eigenvalue weighted by molar-refractivity contribution is -0.137. The summed E-state index contributed by atoms with van der Waals surface area (Å²) in [6.07, 6.45) is -2.07. The summed E-state index contributed by atoms with van der Waals surface area (Å²) in [5, 5.41) is 8.50. The first-order valence-corrected chi connectivity index (χ1v) is 8.38. The van der Waals surface area contributed by atoms with Gasteiger partial charge in [-0.25, -0.2) is 0 Å². The normalized spacial score (nSPS) is 13.2. The van der Waals surface area contributed by atoms with Crippen molar-refractivity contribution in [1.82, 2.24) is 14.8 Å². The third kappa shape index (κ3) is 3.52. The van der Waals surface area contributed by atoms with E-state index in [1.54, 1.807) is 6.07 Å². The Bertz CT molecular complexity index is 944. The number of benzene rings is 1. The summed E-state index contributed by atoms with van der Waals surface area (Å²) in [6.45, 7) is 6.06. The minimum atomic E-state index is -4.37. The molecule has 0 bridgehead atoms. The highest BCUT2D eigenvalue weighted by atomic mass is 19.4. The lowest BCUT2D eigenvalue weighted by atomic mass is 10.0. The largest absolute Gasteiger partial charge is 0.416 e. The van der Waals surface area contributed by atoms with Gasteiger partial charge in [-0.15, -0.1) is 0 Å². The number of halogens is 3. The number of pyridine rings is 1. The number of aromatic nitrogens is 3. The van der Waals surface area contributed by atoms with Crippen LogP contribution in [-0.4, -0.2) is 20.8 Å². The Morgan fingerprint density at radius 2 is 1.92 bits per heavy atom. The number of anilines is 1. The molecule has 2 heterocycles. The topological polar surface area (TPSA) is 42.7 Å². The van der Waals surface area contributed by atoms with E-state index in [1.165, 1.54) is 17.8 Å². The molecule has 3 rings (SSSR count). The van der Waals surface area contributed by atoms with Crippen LogP contribution < -0.4 is 5.32 Å². The number of aryl methyl sites for hydroxylation is 2. The SMILES string of the molecule is Cc1nn(C)c(C)c1CC(C)Nc1ccnc2cc(C(F)(F)F)ccc12. The fourth-order valence-electron chi connectivity index (χ4n) is 3.19. The summed E-state index contributed by atoms with van der Waals surface area (Å²) in [5.74, 6) is 0. The third-order valence-electron chi connectivity index (χ3n) is 4.64. The fourth-order valence-corrected chi connectivity index (χ4v) is 3.19. The number of hydrogen-bond donors (Lipinski definition) is 1. The summed E-state index contributed by atoms with van der Waals surface area (Å²) in [7, 11) is 1.92. The molecule has 138 valence electrons. The Hall–Kier alpha value is -2.57. The van der Waals surface area contributed by atoms with Gasteiger partial charge in [0.15, 0.2) is 0 Å². The molecule has 0 fully saturated rings. The van der Waals surface area contributed by atoms with Crippen LogP contribution in [0.2, 0.25) is 0 Å². The zero-order valence-electron chi connectivity index (χ0n) is 15.1. The molecule has 26 heavy (non-hydrogen) atoms.